The van der Waals surface area contributed by atoms with Crippen LogP contribution in [0.1, 0.15) is 12.5 Å². The Morgan fingerprint density at radius 1 is 1.26 bits per heavy atom. The molecule has 0 fully saturated rings. The number of halogens is 2. The summed E-state index contributed by atoms with van der Waals surface area (Å²) in [5.74, 6) is -0.237. The molecule has 0 spiro atoms. The first-order valence-corrected chi connectivity index (χ1v) is 6.91. The lowest BCUT2D eigenvalue weighted by Gasteiger charge is -2.25. The molecule has 0 aliphatic heterocycles. The van der Waals surface area contributed by atoms with Crippen molar-refractivity contribution >= 4 is 33.0 Å². The van der Waals surface area contributed by atoms with Crippen molar-refractivity contribution in [2.45, 2.75) is 13.8 Å². The molecule has 0 atom stereocenters. The van der Waals surface area contributed by atoms with Crippen molar-refractivity contribution in [3.8, 4) is 0 Å². The lowest BCUT2D eigenvalue weighted by atomic mass is 10.1. The van der Waals surface area contributed by atoms with Crippen molar-refractivity contribution in [2.24, 2.45) is 0 Å². The molecule has 100 valence electrons. The summed E-state index contributed by atoms with van der Waals surface area (Å²) in [5.41, 5.74) is 9.45. The van der Waals surface area contributed by atoms with Gasteiger partial charge in [-0.25, -0.2) is 4.39 Å². The van der Waals surface area contributed by atoms with Crippen LogP contribution < -0.4 is 10.6 Å². The van der Waals surface area contributed by atoms with E-state index >= 15 is 0 Å². The van der Waals surface area contributed by atoms with Crippen LogP contribution in [0.2, 0.25) is 0 Å². The molecule has 2 nitrogen and oxygen atoms in total. The second kappa shape index (κ2) is 5.61. The molecule has 2 N–H and O–H groups in total. The maximum Gasteiger partial charge on any atom is 0.125 e. The van der Waals surface area contributed by atoms with Gasteiger partial charge in [-0.05, 0) is 65.7 Å². The minimum Gasteiger partial charge on any atom is -0.398 e. The van der Waals surface area contributed by atoms with E-state index in [1.54, 1.807) is 6.07 Å². The zero-order chi connectivity index (χ0) is 14.0. The van der Waals surface area contributed by atoms with E-state index in [0.29, 0.717) is 0 Å². The standard InChI is InChI=1S/C15H16BrFN2/c1-3-19(12-6-4-5-11(17)8-12)15-7-10(2)14(18)9-13(15)16/h4-9H,3,18H2,1-2H3. The molecular formula is C15H16BrFN2. The number of aryl methyl sites for hydroxylation is 1. The predicted molar refractivity (Wildman–Crippen MR) is 82.4 cm³/mol. The Balaban J connectivity index is 2.51. The number of nitrogens with two attached hydrogens (primary N) is 1. The van der Waals surface area contributed by atoms with Gasteiger partial charge in [-0.3, -0.25) is 0 Å². The molecule has 0 saturated heterocycles. The van der Waals surface area contributed by atoms with Crippen LogP contribution in [0.4, 0.5) is 21.5 Å². The van der Waals surface area contributed by atoms with E-state index in [-0.39, 0.29) is 5.82 Å². The van der Waals surface area contributed by atoms with Crippen LogP contribution in [0.5, 0.6) is 0 Å². The summed E-state index contributed by atoms with van der Waals surface area (Å²) in [4.78, 5) is 2.04. The van der Waals surface area contributed by atoms with Gasteiger partial charge < -0.3 is 10.6 Å². The molecule has 0 saturated carbocycles. The minimum absolute atomic E-state index is 0.237. The average Bonchev–Trinajstić information content (AvgIpc) is 2.36. The third-order valence-electron chi connectivity index (χ3n) is 3.06. The third kappa shape index (κ3) is 2.89. The zero-order valence-electron chi connectivity index (χ0n) is 11.0. The number of hydrogen-bond donors (Lipinski definition) is 1. The highest BCUT2D eigenvalue weighted by Crippen LogP contribution is 2.35. The molecule has 0 aliphatic rings. The molecule has 0 amide bonds. The molecule has 0 aliphatic carbocycles. The van der Waals surface area contributed by atoms with Gasteiger partial charge in [0, 0.05) is 22.4 Å². The number of nitrogen functional groups attached to an aromatic ring is 1. The van der Waals surface area contributed by atoms with Crippen molar-refractivity contribution in [3.05, 3.63) is 52.3 Å². The third-order valence-corrected chi connectivity index (χ3v) is 3.70. The first kappa shape index (κ1) is 13.9. The van der Waals surface area contributed by atoms with E-state index in [1.165, 1.54) is 12.1 Å². The van der Waals surface area contributed by atoms with Gasteiger partial charge in [-0.2, -0.15) is 0 Å². The van der Waals surface area contributed by atoms with Crippen LogP contribution in [0, 0.1) is 12.7 Å². The number of benzene rings is 2. The second-order valence-corrected chi connectivity index (χ2v) is 5.24. The summed E-state index contributed by atoms with van der Waals surface area (Å²) in [7, 11) is 0. The summed E-state index contributed by atoms with van der Waals surface area (Å²) in [6.45, 7) is 4.74. The number of hydrogen-bond acceptors (Lipinski definition) is 2. The average molecular weight is 323 g/mol. The molecule has 2 aromatic carbocycles. The van der Waals surface area contributed by atoms with E-state index < -0.39 is 0 Å². The summed E-state index contributed by atoms with van der Waals surface area (Å²) in [6, 6.07) is 10.5. The highest BCUT2D eigenvalue weighted by atomic mass is 79.9. The van der Waals surface area contributed by atoms with Crippen LogP contribution in [0.3, 0.4) is 0 Å². The number of anilines is 3. The number of nitrogens with zero attached hydrogens (tertiary/aromatic N) is 1. The maximum absolute atomic E-state index is 13.4. The van der Waals surface area contributed by atoms with Crippen molar-refractivity contribution in [2.75, 3.05) is 17.2 Å². The summed E-state index contributed by atoms with van der Waals surface area (Å²) in [5, 5.41) is 0. The smallest absolute Gasteiger partial charge is 0.125 e. The van der Waals surface area contributed by atoms with E-state index in [4.69, 9.17) is 5.73 Å². The van der Waals surface area contributed by atoms with Crippen molar-refractivity contribution in [3.63, 3.8) is 0 Å². The highest BCUT2D eigenvalue weighted by molar-refractivity contribution is 9.10. The van der Waals surface area contributed by atoms with Crippen molar-refractivity contribution in [1.82, 2.24) is 0 Å². The Hall–Kier alpha value is -1.55. The van der Waals surface area contributed by atoms with Crippen LogP contribution in [0.25, 0.3) is 0 Å². The molecule has 0 heterocycles. The van der Waals surface area contributed by atoms with Gasteiger partial charge in [-0.1, -0.05) is 6.07 Å². The monoisotopic (exact) mass is 322 g/mol. The summed E-state index contributed by atoms with van der Waals surface area (Å²) in [6.07, 6.45) is 0. The molecule has 0 radical (unpaired) electrons. The normalized spacial score (nSPS) is 10.5. The van der Waals surface area contributed by atoms with E-state index in [9.17, 15) is 4.39 Å². The fourth-order valence-electron chi connectivity index (χ4n) is 2.02. The van der Waals surface area contributed by atoms with E-state index in [2.05, 4.69) is 15.9 Å². The molecule has 0 bridgehead atoms. The van der Waals surface area contributed by atoms with Crippen molar-refractivity contribution < 1.29 is 4.39 Å². The molecule has 19 heavy (non-hydrogen) atoms. The first-order valence-electron chi connectivity index (χ1n) is 6.11. The summed E-state index contributed by atoms with van der Waals surface area (Å²) < 4.78 is 14.3. The molecule has 0 aromatic heterocycles. The molecule has 2 aromatic rings. The fraction of sp³-hybridized carbons (Fsp3) is 0.200. The Bertz CT molecular complexity index is 599. The van der Waals surface area contributed by atoms with Gasteiger partial charge in [0.2, 0.25) is 0 Å². The fourth-order valence-corrected chi connectivity index (χ4v) is 2.60. The second-order valence-electron chi connectivity index (χ2n) is 4.38. The lowest BCUT2D eigenvalue weighted by Crippen LogP contribution is -2.17. The Labute approximate surface area is 121 Å². The molecule has 2 rings (SSSR count). The Kier molecular flexibility index (Phi) is 4.10. The van der Waals surface area contributed by atoms with Gasteiger partial charge in [0.05, 0.1) is 5.69 Å². The van der Waals surface area contributed by atoms with Crippen LogP contribution >= 0.6 is 15.9 Å². The number of rotatable bonds is 3. The van der Waals surface area contributed by atoms with Gasteiger partial charge >= 0.3 is 0 Å². The first-order chi connectivity index (χ1) is 9.02. The van der Waals surface area contributed by atoms with Crippen LogP contribution in [-0.4, -0.2) is 6.54 Å². The highest BCUT2D eigenvalue weighted by Gasteiger charge is 2.13. The Morgan fingerprint density at radius 3 is 2.63 bits per heavy atom. The maximum atomic E-state index is 13.4. The zero-order valence-corrected chi connectivity index (χ0v) is 12.5. The van der Waals surface area contributed by atoms with Crippen LogP contribution in [0.15, 0.2) is 40.9 Å². The topological polar surface area (TPSA) is 29.3 Å². The van der Waals surface area contributed by atoms with Gasteiger partial charge in [0.15, 0.2) is 0 Å². The van der Waals surface area contributed by atoms with E-state index in [0.717, 1.165) is 33.6 Å². The van der Waals surface area contributed by atoms with Gasteiger partial charge in [0.25, 0.3) is 0 Å². The molecular weight excluding hydrogens is 307 g/mol. The SMILES string of the molecule is CCN(c1cccc(F)c1)c1cc(C)c(N)cc1Br. The quantitative estimate of drug-likeness (QED) is 0.834. The largest absolute Gasteiger partial charge is 0.398 e. The Morgan fingerprint density at radius 2 is 2.00 bits per heavy atom. The van der Waals surface area contributed by atoms with Crippen molar-refractivity contribution in [1.29, 1.82) is 0 Å². The van der Waals surface area contributed by atoms with Crippen LogP contribution in [-0.2, 0) is 0 Å². The lowest BCUT2D eigenvalue weighted by molar-refractivity contribution is 0.627. The van der Waals surface area contributed by atoms with Gasteiger partial charge in [-0.15, -0.1) is 0 Å². The van der Waals surface area contributed by atoms with E-state index in [1.807, 2.05) is 36.9 Å². The minimum atomic E-state index is -0.237. The summed E-state index contributed by atoms with van der Waals surface area (Å²) >= 11 is 3.52. The molecule has 0 unspecified atom stereocenters. The molecule has 4 heteroatoms. The predicted octanol–water partition coefficient (Wildman–Crippen LogP) is 4.64. The van der Waals surface area contributed by atoms with Gasteiger partial charge in [0.1, 0.15) is 5.82 Å².